The van der Waals surface area contributed by atoms with Crippen LogP contribution in [0.1, 0.15) is 144 Å². The van der Waals surface area contributed by atoms with Crippen molar-refractivity contribution in [1.29, 1.82) is 0 Å². The van der Waals surface area contributed by atoms with Gasteiger partial charge in [-0.05, 0) is 65.6 Å². The summed E-state index contributed by atoms with van der Waals surface area (Å²) in [6.07, 6.45) is 19.8. The van der Waals surface area contributed by atoms with Crippen LogP contribution in [0.15, 0.2) is 60.7 Å². The van der Waals surface area contributed by atoms with Gasteiger partial charge in [-0.25, -0.2) is 0 Å². The molecular formula is C41H46O2S3. The second kappa shape index (κ2) is 15.4. The number of aryl methyl sites for hydroxylation is 2. The molecule has 0 saturated carbocycles. The van der Waals surface area contributed by atoms with Gasteiger partial charge in [-0.3, -0.25) is 9.59 Å². The van der Waals surface area contributed by atoms with E-state index in [2.05, 4.69) is 68.4 Å². The van der Waals surface area contributed by atoms with Crippen molar-refractivity contribution in [3.63, 3.8) is 0 Å². The molecule has 2 aromatic carbocycles. The first kappa shape index (κ1) is 33.1. The van der Waals surface area contributed by atoms with Crippen molar-refractivity contribution in [2.75, 3.05) is 0 Å². The lowest BCUT2D eigenvalue weighted by Gasteiger charge is -2.33. The van der Waals surface area contributed by atoms with Gasteiger partial charge < -0.3 is 0 Å². The first-order valence-electron chi connectivity index (χ1n) is 17.4. The first-order valence-corrected chi connectivity index (χ1v) is 19.9. The molecule has 0 aliphatic heterocycles. The molecule has 0 N–H and O–H groups in total. The molecule has 2 nitrogen and oxygen atoms in total. The van der Waals surface area contributed by atoms with Gasteiger partial charge in [0.05, 0.1) is 29.6 Å². The first-order chi connectivity index (χ1) is 22.6. The van der Waals surface area contributed by atoms with E-state index < -0.39 is 5.41 Å². The van der Waals surface area contributed by atoms with E-state index in [1.807, 2.05) is 6.07 Å². The summed E-state index contributed by atoms with van der Waals surface area (Å²) in [6, 6.07) is 22.8. The summed E-state index contributed by atoms with van der Waals surface area (Å²) >= 11 is 4.98. The van der Waals surface area contributed by atoms with Gasteiger partial charge in [0, 0.05) is 10.3 Å². The smallest absolute Gasteiger partial charge is 0.160 e. The van der Waals surface area contributed by atoms with E-state index in [0.29, 0.717) is 0 Å². The predicted molar refractivity (Wildman–Crippen MR) is 200 cm³/mol. The van der Waals surface area contributed by atoms with Crippen molar-refractivity contribution in [3.05, 3.63) is 104 Å². The lowest BCUT2D eigenvalue weighted by Crippen LogP contribution is -2.28. The van der Waals surface area contributed by atoms with Crippen LogP contribution in [0.2, 0.25) is 0 Å². The molecule has 46 heavy (non-hydrogen) atoms. The zero-order valence-corrected chi connectivity index (χ0v) is 29.8. The number of carbonyl (C=O) groups is 2. The molecule has 0 atom stereocenters. The molecule has 6 rings (SSSR count). The van der Waals surface area contributed by atoms with E-state index in [9.17, 15) is 9.59 Å². The number of carbonyl (C=O) groups excluding carboxylic acids is 2. The lowest BCUT2D eigenvalue weighted by atomic mass is 9.68. The summed E-state index contributed by atoms with van der Waals surface area (Å²) < 4.78 is 2.36. The van der Waals surface area contributed by atoms with Gasteiger partial charge in [0.2, 0.25) is 0 Å². The van der Waals surface area contributed by atoms with Crippen LogP contribution in [0.25, 0.3) is 19.2 Å². The maximum Gasteiger partial charge on any atom is 0.160 e. The van der Waals surface area contributed by atoms with Crippen molar-refractivity contribution in [3.8, 4) is 9.75 Å². The second-order valence-corrected chi connectivity index (χ2v) is 16.2. The fourth-order valence-corrected chi connectivity index (χ4v) is 11.1. The van der Waals surface area contributed by atoms with Crippen molar-refractivity contribution < 1.29 is 9.59 Å². The normalized spacial score (nSPS) is 13.3. The van der Waals surface area contributed by atoms with Crippen LogP contribution in [-0.2, 0) is 18.3 Å². The summed E-state index contributed by atoms with van der Waals surface area (Å²) in [5, 5.41) is 0. The van der Waals surface area contributed by atoms with E-state index in [-0.39, 0.29) is 0 Å². The SMILES string of the molecule is CCCCCCCCc1ccc(C2(c3ccc(CCCCCCCC)cc3)c3cc(C=O)sc3-c3sc4cc(C=O)sc4c32)cc1. The topological polar surface area (TPSA) is 34.1 Å². The average molecular weight is 667 g/mol. The minimum absolute atomic E-state index is 0.539. The number of unbranched alkanes of at least 4 members (excludes halogenated alkanes) is 10. The summed E-state index contributed by atoms with van der Waals surface area (Å²) in [5.74, 6) is 0. The van der Waals surface area contributed by atoms with Crippen molar-refractivity contribution in [2.24, 2.45) is 0 Å². The Balaban J connectivity index is 1.40. The molecule has 1 aliphatic rings. The van der Waals surface area contributed by atoms with Crippen LogP contribution < -0.4 is 0 Å². The molecule has 5 aromatic rings. The molecule has 3 aromatic heterocycles. The summed E-state index contributed by atoms with van der Waals surface area (Å²) in [7, 11) is 0. The Labute approximate surface area is 286 Å². The number of thiophene rings is 3. The van der Waals surface area contributed by atoms with Crippen LogP contribution in [0.5, 0.6) is 0 Å². The van der Waals surface area contributed by atoms with Crippen LogP contribution in [0, 0.1) is 0 Å². The minimum atomic E-state index is -0.539. The molecule has 1 aliphatic carbocycles. The number of aldehydes is 2. The molecule has 0 fully saturated rings. The van der Waals surface area contributed by atoms with Crippen LogP contribution in [-0.4, -0.2) is 12.6 Å². The lowest BCUT2D eigenvalue weighted by molar-refractivity contribution is 0.111. The van der Waals surface area contributed by atoms with E-state index >= 15 is 0 Å². The van der Waals surface area contributed by atoms with Crippen molar-refractivity contribution >= 4 is 56.0 Å². The number of fused-ring (bicyclic) bond motifs is 5. The van der Waals surface area contributed by atoms with E-state index in [4.69, 9.17) is 0 Å². The van der Waals surface area contributed by atoms with Crippen LogP contribution in [0.4, 0.5) is 0 Å². The Hall–Kier alpha value is -2.86. The van der Waals surface area contributed by atoms with Gasteiger partial charge in [0.1, 0.15) is 0 Å². The summed E-state index contributed by atoms with van der Waals surface area (Å²) in [6.45, 7) is 4.54. The number of rotatable bonds is 18. The summed E-state index contributed by atoms with van der Waals surface area (Å²) in [4.78, 5) is 28.0. The zero-order chi connectivity index (χ0) is 31.9. The highest BCUT2D eigenvalue weighted by Crippen LogP contribution is 2.63. The van der Waals surface area contributed by atoms with Gasteiger partial charge in [-0.2, -0.15) is 0 Å². The number of hydrogen-bond donors (Lipinski definition) is 0. The quantitative estimate of drug-likeness (QED) is 0.0676. The van der Waals surface area contributed by atoms with Gasteiger partial charge in [-0.15, -0.1) is 34.0 Å². The predicted octanol–water partition coefficient (Wildman–Crippen LogP) is 12.8. The highest BCUT2D eigenvalue weighted by atomic mass is 32.1. The number of hydrogen-bond acceptors (Lipinski definition) is 5. The minimum Gasteiger partial charge on any atom is -0.297 e. The van der Waals surface area contributed by atoms with E-state index in [1.54, 1.807) is 34.0 Å². The van der Waals surface area contributed by atoms with Crippen molar-refractivity contribution in [1.82, 2.24) is 0 Å². The van der Waals surface area contributed by atoms with E-state index in [0.717, 1.165) is 39.9 Å². The van der Waals surface area contributed by atoms with Gasteiger partial charge in [-0.1, -0.05) is 127 Å². The Kier molecular flexibility index (Phi) is 11.0. The Morgan fingerprint density at radius 1 is 0.565 bits per heavy atom. The van der Waals surface area contributed by atoms with Gasteiger partial charge in [0.25, 0.3) is 0 Å². The third kappa shape index (κ3) is 6.48. The molecular weight excluding hydrogens is 621 g/mol. The monoisotopic (exact) mass is 666 g/mol. The Bertz CT molecular complexity index is 1690. The van der Waals surface area contributed by atoms with Crippen LogP contribution >= 0.6 is 34.0 Å². The molecule has 0 spiro atoms. The van der Waals surface area contributed by atoms with Crippen molar-refractivity contribution in [2.45, 2.75) is 109 Å². The van der Waals surface area contributed by atoms with Gasteiger partial charge in [0.15, 0.2) is 12.6 Å². The van der Waals surface area contributed by atoms with Gasteiger partial charge >= 0.3 is 0 Å². The molecule has 0 unspecified atom stereocenters. The Morgan fingerprint density at radius 3 is 1.59 bits per heavy atom. The Morgan fingerprint density at radius 2 is 1.07 bits per heavy atom. The fraction of sp³-hybridized carbons (Fsp3) is 0.415. The van der Waals surface area contributed by atoms with Crippen LogP contribution in [0.3, 0.4) is 0 Å². The highest BCUT2D eigenvalue weighted by Gasteiger charge is 2.50. The molecule has 0 amide bonds. The fourth-order valence-electron chi connectivity index (χ4n) is 7.34. The molecule has 5 heteroatoms. The van der Waals surface area contributed by atoms with E-state index in [1.165, 1.54) is 125 Å². The third-order valence-corrected chi connectivity index (χ3v) is 13.3. The molecule has 240 valence electrons. The maximum atomic E-state index is 12.1. The molecule has 0 saturated heterocycles. The average Bonchev–Trinajstić information content (AvgIpc) is 3.83. The second-order valence-electron chi connectivity index (χ2n) is 13.0. The maximum absolute atomic E-state index is 12.1. The molecule has 0 bridgehead atoms. The molecule has 3 heterocycles. The standard InChI is InChI=1S/C41H46O2S3/c1-3-5-7-9-11-13-15-29-17-21-31(22-18-29)41(32-23-19-30(20-24-32)16-14-12-10-8-6-4-2)35-25-33(27-42)44-38(35)40-37(41)39-36(46-40)26-34(28-43)45-39/h17-28H,3-16H2,1-2H3. The zero-order valence-electron chi connectivity index (χ0n) is 27.4. The molecule has 0 radical (unpaired) electrons. The third-order valence-electron chi connectivity index (χ3n) is 9.76. The number of benzene rings is 2. The highest BCUT2D eigenvalue weighted by molar-refractivity contribution is 7.32. The largest absolute Gasteiger partial charge is 0.297 e. The summed E-state index contributed by atoms with van der Waals surface area (Å²) in [5.41, 5.74) is 7.19.